The van der Waals surface area contributed by atoms with Crippen molar-refractivity contribution in [1.29, 1.82) is 0 Å². The number of aromatic nitrogens is 1. The van der Waals surface area contributed by atoms with E-state index >= 15 is 0 Å². The number of aromatic hydroxyl groups is 1. The number of carbonyl (C=O) groups excluding carboxylic acids is 1. The molecule has 1 aromatic heterocycles. The summed E-state index contributed by atoms with van der Waals surface area (Å²) in [6.07, 6.45) is 7.00. The Bertz CT molecular complexity index is 396. The van der Waals surface area contributed by atoms with Crippen LogP contribution in [-0.4, -0.2) is 45.7 Å². The summed E-state index contributed by atoms with van der Waals surface area (Å²) in [6, 6.07) is 1.39. The lowest BCUT2D eigenvalue weighted by atomic mass is 10.2. The summed E-state index contributed by atoms with van der Waals surface area (Å²) in [7, 11) is 0. The largest absolute Gasteiger partial charge is 0.506 e. The number of unbranched alkanes of at least 4 members (excludes halogenated alkanes) is 3. The molecule has 0 atom stereocenters. The number of rotatable bonds is 8. The number of aliphatic hydroxyl groups is 1. The second kappa shape index (κ2) is 8.48. The average Bonchev–Trinajstić information content (AvgIpc) is 2.41. The van der Waals surface area contributed by atoms with Gasteiger partial charge in [0.25, 0.3) is 5.91 Å². The molecular formula is C14H22N2O3. The van der Waals surface area contributed by atoms with Crippen LogP contribution in [0.2, 0.25) is 0 Å². The van der Waals surface area contributed by atoms with Gasteiger partial charge in [-0.1, -0.05) is 26.2 Å². The molecule has 0 fully saturated rings. The first-order valence-corrected chi connectivity index (χ1v) is 6.73. The molecule has 106 valence electrons. The first-order chi connectivity index (χ1) is 9.19. The van der Waals surface area contributed by atoms with Crippen molar-refractivity contribution in [3.05, 3.63) is 24.0 Å². The number of hydrogen-bond donors (Lipinski definition) is 2. The SMILES string of the molecule is CCCCCCN(CCO)C(=O)c1cncc(O)c1. The van der Waals surface area contributed by atoms with Gasteiger partial charge >= 0.3 is 0 Å². The van der Waals surface area contributed by atoms with E-state index in [1.807, 2.05) is 0 Å². The Balaban J connectivity index is 2.61. The smallest absolute Gasteiger partial charge is 0.255 e. The summed E-state index contributed by atoms with van der Waals surface area (Å²) in [5.41, 5.74) is 0.351. The van der Waals surface area contributed by atoms with E-state index in [1.54, 1.807) is 4.90 Å². The van der Waals surface area contributed by atoms with Gasteiger partial charge in [-0.2, -0.15) is 0 Å². The van der Waals surface area contributed by atoms with E-state index in [0.717, 1.165) is 25.7 Å². The maximum absolute atomic E-state index is 12.2. The van der Waals surface area contributed by atoms with E-state index in [0.29, 0.717) is 18.7 Å². The van der Waals surface area contributed by atoms with Gasteiger partial charge in [-0.15, -0.1) is 0 Å². The number of hydrogen-bond acceptors (Lipinski definition) is 4. The van der Waals surface area contributed by atoms with Crippen LogP contribution in [-0.2, 0) is 0 Å². The first-order valence-electron chi connectivity index (χ1n) is 6.73. The van der Waals surface area contributed by atoms with Crippen LogP contribution in [0, 0.1) is 0 Å². The van der Waals surface area contributed by atoms with Crippen LogP contribution in [0.5, 0.6) is 5.75 Å². The fourth-order valence-corrected chi connectivity index (χ4v) is 1.89. The molecule has 2 N–H and O–H groups in total. The van der Waals surface area contributed by atoms with Crippen molar-refractivity contribution in [3.8, 4) is 5.75 Å². The molecule has 0 saturated heterocycles. The zero-order chi connectivity index (χ0) is 14.1. The fraction of sp³-hybridized carbons (Fsp3) is 0.571. The normalized spacial score (nSPS) is 10.4. The molecule has 1 amide bonds. The van der Waals surface area contributed by atoms with Gasteiger partial charge in [-0.3, -0.25) is 9.78 Å². The van der Waals surface area contributed by atoms with Gasteiger partial charge in [0.1, 0.15) is 5.75 Å². The predicted octanol–water partition coefficient (Wildman–Crippen LogP) is 1.80. The van der Waals surface area contributed by atoms with Crippen molar-refractivity contribution in [2.45, 2.75) is 32.6 Å². The Hall–Kier alpha value is -1.62. The predicted molar refractivity (Wildman–Crippen MR) is 73.0 cm³/mol. The Morgan fingerprint density at radius 2 is 2.05 bits per heavy atom. The minimum absolute atomic E-state index is 0.0271. The molecule has 0 aromatic carbocycles. The molecule has 0 aliphatic heterocycles. The van der Waals surface area contributed by atoms with Crippen LogP contribution >= 0.6 is 0 Å². The Morgan fingerprint density at radius 3 is 2.68 bits per heavy atom. The molecule has 5 heteroatoms. The van der Waals surface area contributed by atoms with Gasteiger partial charge in [0.15, 0.2) is 0 Å². The molecule has 19 heavy (non-hydrogen) atoms. The second-order valence-electron chi connectivity index (χ2n) is 4.51. The van der Waals surface area contributed by atoms with Gasteiger partial charge in [0.05, 0.1) is 18.4 Å². The zero-order valence-corrected chi connectivity index (χ0v) is 11.4. The van der Waals surface area contributed by atoms with E-state index in [4.69, 9.17) is 5.11 Å². The average molecular weight is 266 g/mol. The molecule has 0 bridgehead atoms. The van der Waals surface area contributed by atoms with Crippen molar-refractivity contribution in [3.63, 3.8) is 0 Å². The Kier molecular flexibility index (Phi) is 6.89. The number of amides is 1. The summed E-state index contributed by atoms with van der Waals surface area (Å²) in [4.78, 5) is 17.6. The third-order valence-electron chi connectivity index (χ3n) is 2.91. The quantitative estimate of drug-likeness (QED) is 0.704. The summed E-state index contributed by atoms with van der Waals surface area (Å²) in [5.74, 6) is -0.227. The molecule has 5 nitrogen and oxygen atoms in total. The number of aliphatic hydroxyl groups excluding tert-OH is 1. The Morgan fingerprint density at radius 1 is 1.26 bits per heavy atom. The van der Waals surface area contributed by atoms with Crippen molar-refractivity contribution in [2.75, 3.05) is 19.7 Å². The number of pyridine rings is 1. The van der Waals surface area contributed by atoms with Crippen LogP contribution in [0.3, 0.4) is 0 Å². The highest BCUT2D eigenvalue weighted by molar-refractivity contribution is 5.94. The van der Waals surface area contributed by atoms with Crippen molar-refractivity contribution in [1.82, 2.24) is 9.88 Å². The van der Waals surface area contributed by atoms with E-state index in [-0.39, 0.29) is 18.3 Å². The molecule has 0 spiro atoms. The minimum atomic E-state index is -0.200. The molecule has 0 radical (unpaired) electrons. The minimum Gasteiger partial charge on any atom is -0.506 e. The van der Waals surface area contributed by atoms with Crippen LogP contribution in [0.15, 0.2) is 18.5 Å². The van der Waals surface area contributed by atoms with E-state index in [1.165, 1.54) is 18.5 Å². The second-order valence-corrected chi connectivity index (χ2v) is 4.51. The topological polar surface area (TPSA) is 73.7 Å². The summed E-state index contributed by atoms with van der Waals surface area (Å²) >= 11 is 0. The van der Waals surface area contributed by atoms with Gasteiger partial charge in [0.2, 0.25) is 0 Å². The van der Waals surface area contributed by atoms with E-state index in [9.17, 15) is 9.90 Å². The van der Waals surface area contributed by atoms with Crippen molar-refractivity contribution < 1.29 is 15.0 Å². The lowest BCUT2D eigenvalue weighted by Crippen LogP contribution is -2.34. The Labute approximate surface area is 113 Å². The fourth-order valence-electron chi connectivity index (χ4n) is 1.89. The van der Waals surface area contributed by atoms with Gasteiger partial charge in [-0.05, 0) is 12.5 Å². The third kappa shape index (κ3) is 5.26. The molecular weight excluding hydrogens is 244 g/mol. The number of carbonyl (C=O) groups is 1. The van der Waals surface area contributed by atoms with Crippen LogP contribution in [0.4, 0.5) is 0 Å². The maximum atomic E-state index is 12.2. The third-order valence-corrected chi connectivity index (χ3v) is 2.91. The van der Waals surface area contributed by atoms with Crippen LogP contribution < -0.4 is 0 Å². The van der Waals surface area contributed by atoms with E-state index < -0.39 is 0 Å². The highest BCUT2D eigenvalue weighted by Gasteiger charge is 2.15. The molecule has 0 aliphatic carbocycles. The lowest BCUT2D eigenvalue weighted by molar-refractivity contribution is 0.0717. The first kappa shape index (κ1) is 15.4. The molecule has 1 heterocycles. The monoisotopic (exact) mass is 266 g/mol. The van der Waals surface area contributed by atoms with Crippen LogP contribution in [0.1, 0.15) is 43.0 Å². The summed E-state index contributed by atoms with van der Waals surface area (Å²) < 4.78 is 0. The number of nitrogens with zero attached hydrogens (tertiary/aromatic N) is 2. The molecule has 0 saturated carbocycles. The highest BCUT2D eigenvalue weighted by atomic mass is 16.3. The van der Waals surface area contributed by atoms with Crippen LogP contribution in [0.25, 0.3) is 0 Å². The zero-order valence-electron chi connectivity index (χ0n) is 11.4. The van der Waals surface area contributed by atoms with Gasteiger partial charge in [-0.25, -0.2) is 0 Å². The van der Waals surface area contributed by atoms with Gasteiger partial charge in [0, 0.05) is 19.3 Å². The standard InChI is InChI=1S/C14H22N2O3/c1-2-3-4-5-6-16(7-8-17)14(19)12-9-13(18)11-15-10-12/h9-11,17-18H,2-8H2,1H3. The molecule has 0 aliphatic rings. The molecule has 0 unspecified atom stereocenters. The maximum Gasteiger partial charge on any atom is 0.255 e. The lowest BCUT2D eigenvalue weighted by Gasteiger charge is -2.21. The highest BCUT2D eigenvalue weighted by Crippen LogP contribution is 2.12. The molecule has 1 aromatic rings. The van der Waals surface area contributed by atoms with Crippen molar-refractivity contribution in [2.24, 2.45) is 0 Å². The summed E-state index contributed by atoms with van der Waals surface area (Å²) in [6.45, 7) is 3.00. The van der Waals surface area contributed by atoms with Crippen molar-refractivity contribution >= 4 is 5.91 Å². The molecule has 1 rings (SSSR count). The van der Waals surface area contributed by atoms with E-state index in [2.05, 4.69) is 11.9 Å². The van der Waals surface area contributed by atoms with Gasteiger partial charge < -0.3 is 15.1 Å². The summed E-state index contributed by atoms with van der Waals surface area (Å²) in [5, 5.41) is 18.4.